The fraction of sp³-hybridized carbons (Fsp3) is 0.824. The van der Waals surface area contributed by atoms with Gasteiger partial charge in [-0.3, -0.25) is 9.58 Å². The number of aromatic nitrogens is 2. The van der Waals surface area contributed by atoms with E-state index in [0.29, 0.717) is 6.04 Å². The number of hydrogen-bond acceptors (Lipinski definition) is 3. The molecule has 1 fully saturated rings. The van der Waals surface area contributed by atoms with Crippen LogP contribution in [0.4, 0.5) is 0 Å². The fourth-order valence-electron chi connectivity index (χ4n) is 3.26. The molecule has 1 aromatic heterocycles. The van der Waals surface area contributed by atoms with Gasteiger partial charge in [-0.1, -0.05) is 20.8 Å². The zero-order chi connectivity index (χ0) is 15.2. The van der Waals surface area contributed by atoms with E-state index in [0.717, 1.165) is 38.5 Å². The summed E-state index contributed by atoms with van der Waals surface area (Å²) in [4.78, 5) is 2.61. The highest BCUT2D eigenvalue weighted by Gasteiger charge is 2.20. The van der Waals surface area contributed by atoms with Crippen molar-refractivity contribution < 1.29 is 0 Å². The Bertz CT molecular complexity index is 424. The van der Waals surface area contributed by atoms with Crippen molar-refractivity contribution in [2.24, 2.45) is 5.92 Å². The molecule has 120 valence electrons. The minimum atomic E-state index is 0.635. The van der Waals surface area contributed by atoms with Crippen LogP contribution in [0.2, 0.25) is 0 Å². The van der Waals surface area contributed by atoms with Crippen molar-refractivity contribution in [3.63, 3.8) is 0 Å². The van der Waals surface area contributed by atoms with E-state index < -0.39 is 0 Å². The van der Waals surface area contributed by atoms with Crippen LogP contribution in [0.15, 0.2) is 6.07 Å². The lowest BCUT2D eigenvalue weighted by molar-refractivity contribution is 0.241. The summed E-state index contributed by atoms with van der Waals surface area (Å²) in [5.74, 6) is 0.760. The summed E-state index contributed by atoms with van der Waals surface area (Å²) in [5, 5.41) is 8.39. The van der Waals surface area contributed by atoms with E-state index in [1.165, 1.54) is 30.8 Å². The maximum atomic E-state index is 4.68. The Morgan fingerprint density at radius 2 is 2.19 bits per heavy atom. The van der Waals surface area contributed by atoms with Gasteiger partial charge in [0, 0.05) is 25.7 Å². The highest BCUT2D eigenvalue weighted by molar-refractivity contribution is 5.10. The van der Waals surface area contributed by atoms with Gasteiger partial charge >= 0.3 is 0 Å². The molecule has 0 spiro atoms. The first kappa shape index (κ1) is 16.5. The van der Waals surface area contributed by atoms with Gasteiger partial charge in [-0.2, -0.15) is 5.10 Å². The highest BCUT2D eigenvalue weighted by Crippen LogP contribution is 2.14. The number of rotatable bonds is 6. The Morgan fingerprint density at radius 3 is 2.86 bits per heavy atom. The molecule has 0 bridgehead atoms. The van der Waals surface area contributed by atoms with Crippen LogP contribution in [-0.2, 0) is 19.5 Å². The van der Waals surface area contributed by atoms with Crippen molar-refractivity contribution >= 4 is 0 Å². The van der Waals surface area contributed by atoms with E-state index in [1.807, 2.05) is 0 Å². The summed E-state index contributed by atoms with van der Waals surface area (Å²) in [6, 6.07) is 2.93. The molecule has 1 saturated heterocycles. The summed E-state index contributed by atoms with van der Waals surface area (Å²) in [5.41, 5.74) is 2.60. The van der Waals surface area contributed by atoms with Crippen LogP contribution in [0.25, 0.3) is 0 Å². The van der Waals surface area contributed by atoms with Gasteiger partial charge in [-0.05, 0) is 51.3 Å². The van der Waals surface area contributed by atoms with Gasteiger partial charge in [0.25, 0.3) is 0 Å². The lowest BCUT2D eigenvalue weighted by atomic mass is 10.0. The average molecular weight is 292 g/mol. The van der Waals surface area contributed by atoms with E-state index in [9.17, 15) is 0 Å². The zero-order valence-electron chi connectivity index (χ0n) is 14.2. The van der Waals surface area contributed by atoms with Crippen molar-refractivity contribution in [2.75, 3.05) is 19.6 Å². The van der Waals surface area contributed by atoms with Crippen LogP contribution < -0.4 is 5.32 Å². The lowest BCUT2D eigenvalue weighted by Crippen LogP contribution is -2.38. The van der Waals surface area contributed by atoms with E-state index in [-0.39, 0.29) is 0 Å². The van der Waals surface area contributed by atoms with Gasteiger partial charge in [0.15, 0.2) is 0 Å². The molecule has 4 heteroatoms. The molecule has 4 nitrogen and oxygen atoms in total. The number of nitrogens with one attached hydrogen (secondary N) is 1. The Hall–Kier alpha value is -0.870. The van der Waals surface area contributed by atoms with Crippen LogP contribution in [0.1, 0.15) is 51.9 Å². The van der Waals surface area contributed by atoms with Crippen LogP contribution in [-0.4, -0.2) is 40.4 Å². The van der Waals surface area contributed by atoms with Crippen LogP contribution >= 0.6 is 0 Å². The molecule has 1 aliphatic heterocycles. The molecule has 0 aromatic carbocycles. The molecular formula is C17H32N4. The van der Waals surface area contributed by atoms with Crippen LogP contribution in [0.5, 0.6) is 0 Å². The second-order valence-corrected chi connectivity index (χ2v) is 6.67. The molecule has 1 aliphatic rings. The summed E-state index contributed by atoms with van der Waals surface area (Å²) in [6.45, 7) is 14.5. The Labute approximate surface area is 129 Å². The molecule has 0 amide bonds. The molecule has 0 aliphatic carbocycles. The monoisotopic (exact) mass is 292 g/mol. The highest BCUT2D eigenvalue weighted by atomic mass is 15.3. The number of aryl methyl sites for hydroxylation is 2. The second kappa shape index (κ2) is 7.95. The van der Waals surface area contributed by atoms with Crippen molar-refractivity contribution in [1.29, 1.82) is 0 Å². The van der Waals surface area contributed by atoms with Gasteiger partial charge in [-0.25, -0.2) is 0 Å². The maximum absolute atomic E-state index is 4.68. The van der Waals surface area contributed by atoms with Gasteiger partial charge in [0.2, 0.25) is 0 Å². The van der Waals surface area contributed by atoms with Crippen LogP contribution in [0.3, 0.4) is 0 Å². The van der Waals surface area contributed by atoms with E-state index in [4.69, 9.17) is 0 Å². The zero-order valence-corrected chi connectivity index (χ0v) is 14.2. The quantitative estimate of drug-likeness (QED) is 0.875. The standard InChI is InChI=1S/C17H32N4/c1-5-15-11-17(21(6-2)19-15)13-20-9-7-8-18-16(12-20)10-14(3)4/h11,14,16,18H,5-10,12-13H2,1-4H3. The molecule has 0 radical (unpaired) electrons. The topological polar surface area (TPSA) is 33.1 Å². The van der Waals surface area contributed by atoms with Gasteiger partial charge in [0.05, 0.1) is 11.4 Å². The third-order valence-electron chi connectivity index (χ3n) is 4.28. The third kappa shape index (κ3) is 4.82. The largest absolute Gasteiger partial charge is 0.313 e. The number of hydrogen-bond donors (Lipinski definition) is 1. The molecule has 21 heavy (non-hydrogen) atoms. The third-order valence-corrected chi connectivity index (χ3v) is 4.28. The first-order chi connectivity index (χ1) is 10.1. The van der Waals surface area contributed by atoms with Crippen molar-refractivity contribution in [3.8, 4) is 0 Å². The normalized spacial score (nSPS) is 20.9. The minimum absolute atomic E-state index is 0.635. The average Bonchev–Trinajstić information content (AvgIpc) is 2.71. The van der Waals surface area contributed by atoms with Crippen molar-refractivity contribution in [1.82, 2.24) is 20.0 Å². The summed E-state index contributed by atoms with van der Waals surface area (Å²) in [6.07, 6.45) is 3.54. The van der Waals surface area contributed by atoms with Gasteiger partial charge < -0.3 is 5.32 Å². The predicted octanol–water partition coefficient (Wildman–Crippen LogP) is 2.68. The van der Waals surface area contributed by atoms with Gasteiger partial charge in [0.1, 0.15) is 0 Å². The molecule has 1 unspecified atom stereocenters. The van der Waals surface area contributed by atoms with E-state index >= 15 is 0 Å². The molecule has 1 N–H and O–H groups in total. The fourth-order valence-corrected chi connectivity index (χ4v) is 3.26. The van der Waals surface area contributed by atoms with Crippen molar-refractivity contribution in [2.45, 2.75) is 66.1 Å². The predicted molar refractivity (Wildman–Crippen MR) is 88.4 cm³/mol. The first-order valence-electron chi connectivity index (χ1n) is 8.63. The summed E-state index contributed by atoms with van der Waals surface area (Å²) >= 11 is 0. The van der Waals surface area contributed by atoms with Crippen molar-refractivity contribution in [3.05, 3.63) is 17.5 Å². The smallest absolute Gasteiger partial charge is 0.0625 e. The molecule has 1 aromatic rings. The Morgan fingerprint density at radius 1 is 1.38 bits per heavy atom. The second-order valence-electron chi connectivity index (χ2n) is 6.67. The molecule has 2 heterocycles. The minimum Gasteiger partial charge on any atom is -0.313 e. The van der Waals surface area contributed by atoms with Crippen LogP contribution in [0, 0.1) is 5.92 Å². The maximum Gasteiger partial charge on any atom is 0.0625 e. The Kier molecular flexibility index (Phi) is 6.24. The number of nitrogens with zero attached hydrogens (tertiary/aromatic N) is 3. The molecular weight excluding hydrogens is 260 g/mol. The van der Waals surface area contributed by atoms with E-state index in [2.05, 4.69) is 53.8 Å². The lowest BCUT2D eigenvalue weighted by Gasteiger charge is -2.25. The van der Waals surface area contributed by atoms with Gasteiger partial charge in [-0.15, -0.1) is 0 Å². The molecule has 0 saturated carbocycles. The molecule has 1 atom stereocenters. The summed E-state index contributed by atoms with van der Waals surface area (Å²) < 4.78 is 2.18. The SMILES string of the molecule is CCc1cc(CN2CCCNC(CC(C)C)C2)n(CC)n1. The van der Waals surface area contributed by atoms with E-state index in [1.54, 1.807) is 0 Å². The summed E-state index contributed by atoms with van der Waals surface area (Å²) in [7, 11) is 0. The Balaban J connectivity index is 2.01. The molecule has 2 rings (SSSR count). The first-order valence-corrected chi connectivity index (χ1v) is 8.63.